The number of nitrogens with zero attached hydrogens (tertiary/aromatic N) is 1. The Labute approximate surface area is 103 Å². The third kappa shape index (κ3) is 1.96. The van der Waals surface area contributed by atoms with E-state index in [-0.39, 0.29) is 0 Å². The van der Waals surface area contributed by atoms with Crippen molar-refractivity contribution in [1.29, 1.82) is 0 Å². The summed E-state index contributed by atoms with van der Waals surface area (Å²) < 4.78 is 0. The van der Waals surface area contributed by atoms with Crippen molar-refractivity contribution in [3.05, 3.63) is 40.9 Å². The SMILES string of the molecule is O=C(O)c1ccc(-c2cccs2)nc1C1CC1. The van der Waals surface area contributed by atoms with Gasteiger partial charge in [0.1, 0.15) is 0 Å². The first kappa shape index (κ1) is 10.5. The molecular formula is C13H11NO2S. The van der Waals surface area contributed by atoms with Gasteiger partial charge < -0.3 is 5.11 Å². The molecule has 0 aliphatic heterocycles. The molecule has 0 saturated heterocycles. The van der Waals surface area contributed by atoms with Gasteiger partial charge in [-0.05, 0) is 36.4 Å². The molecule has 1 N–H and O–H groups in total. The smallest absolute Gasteiger partial charge is 0.337 e. The summed E-state index contributed by atoms with van der Waals surface area (Å²) in [6.45, 7) is 0. The van der Waals surface area contributed by atoms with Crippen molar-refractivity contribution in [2.24, 2.45) is 0 Å². The second kappa shape index (κ2) is 3.96. The molecule has 0 bridgehead atoms. The van der Waals surface area contributed by atoms with E-state index in [0.717, 1.165) is 29.1 Å². The van der Waals surface area contributed by atoms with E-state index in [1.807, 2.05) is 17.5 Å². The van der Waals surface area contributed by atoms with E-state index in [9.17, 15) is 4.79 Å². The van der Waals surface area contributed by atoms with Gasteiger partial charge in [-0.25, -0.2) is 4.79 Å². The van der Waals surface area contributed by atoms with Crippen molar-refractivity contribution >= 4 is 17.3 Å². The van der Waals surface area contributed by atoms with Crippen LogP contribution in [0.25, 0.3) is 10.6 Å². The van der Waals surface area contributed by atoms with Crippen LogP contribution in [-0.4, -0.2) is 16.1 Å². The Kier molecular flexibility index (Phi) is 2.44. The van der Waals surface area contributed by atoms with Crippen molar-refractivity contribution in [2.75, 3.05) is 0 Å². The standard InChI is InChI=1S/C13H11NO2S/c15-13(16)9-5-6-10(11-2-1-7-17-11)14-12(9)8-3-4-8/h1-2,5-8H,3-4H2,(H,15,16). The highest BCUT2D eigenvalue weighted by Crippen LogP contribution is 2.41. The number of thiophene rings is 1. The Morgan fingerprint density at radius 1 is 1.35 bits per heavy atom. The summed E-state index contributed by atoms with van der Waals surface area (Å²) in [6.07, 6.45) is 2.11. The van der Waals surface area contributed by atoms with Gasteiger partial charge in [-0.1, -0.05) is 6.07 Å². The maximum absolute atomic E-state index is 11.1. The average Bonchev–Trinajstić information content (AvgIpc) is 3.03. The molecule has 3 nitrogen and oxygen atoms in total. The van der Waals surface area contributed by atoms with Gasteiger partial charge in [-0.2, -0.15) is 0 Å². The molecule has 0 aromatic carbocycles. The fourth-order valence-electron chi connectivity index (χ4n) is 1.89. The average molecular weight is 245 g/mol. The first-order chi connectivity index (χ1) is 8.25. The summed E-state index contributed by atoms with van der Waals surface area (Å²) in [7, 11) is 0. The number of carbonyl (C=O) groups is 1. The molecule has 2 heterocycles. The number of pyridine rings is 1. The Morgan fingerprint density at radius 2 is 2.18 bits per heavy atom. The lowest BCUT2D eigenvalue weighted by Gasteiger charge is -2.05. The Morgan fingerprint density at radius 3 is 2.76 bits per heavy atom. The number of rotatable bonds is 3. The van der Waals surface area contributed by atoms with Crippen LogP contribution in [0.15, 0.2) is 29.6 Å². The van der Waals surface area contributed by atoms with E-state index >= 15 is 0 Å². The Hall–Kier alpha value is -1.68. The highest BCUT2D eigenvalue weighted by molar-refractivity contribution is 7.13. The van der Waals surface area contributed by atoms with Gasteiger partial charge in [-0.15, -0.1) is 11.3 Å². The largest absolute Gasteiger partial charge is 0.478 e. The van der Waals surface area contributed by atoms with E-state index in [4.69, 9.17) is 5.11 Å². The topological polar surface area (TPSA) is 50.2 Å². The predicted molar refractivity (Wildman–Crippen MR) is 66.5 cm³/mol. The number of carboxylic acid groups (broad SMARTS) is 1. The summed E-state index contributed by atoms with van der Waals surface area (Å²) in [5.41, 5.74) is 1.99. The monoisotopic (exact) mass is 245 g/mol. The van der Waals surface area contributed by atoms with Crippen LogP contribution in [0.5, 0.6) is 0 Å². The van der Waals surface area contributed by atoms with Crippen LogP contribution in [0.3, 0.4) is 0 Å². The zero-order valence-electron chi connectivity index (χ0n) is 9.09. The van der Waals surface area contributed by atoms with E-state index in [0.29, 0.717) is 11.5 Å². The number of carboxylic acids is 1. The highest BCUT2D eigenvalue weighted by atomic mass is 32.1. The van der Waals surface area contributed by atoms with Crippen LogP contribution in [0.1, 0.15) is 34.8 Å². The third-order valence-corrected chi connectivity index (χ3v) is 3.79. The van der Waals surface area contributed by atoms with Gasteiger partial charge in [0.25, 0.3) is 0 Å². The second-order valence-corrected chi connectivity index (χ2v) is 5.13. The lowest BCUT2D eigenvalue weighted by atomic mass is 10.1. The summed E-state index contributed by atoms with van der Waals surface area (Å²) >= 11 is 1.62. The third-order valence-electron chi connectivity index (χ3n) is 2.89. The molecular weight excluding hydrogens is 234 g/mol. The second-order valence-electron chi connectivity index (χ2n) is 4.19. The van der Waals surface area contributed by atoms with E-state index in [1.54, 1.807) is 23.5 Å². The van der Waals surface area contributed by atoms with Gasteiger partial charge >= 0.3 is 5.97 Å². The van der Waals surface area contributed by atoms with Crippen LogP contribution in [0, 0.1) is 0 Å². The van der Waals surface area contributed by atoms with Crippen molar-refractivity contribution in [2.45, 2.75) is 18.8 Å². The molecule has 4 heteroatoms. The zero-order chi connectivity index (χ0) is 11.8. The molecule has 0 unspecified atom stereocenters. The lowest BCUT2D eigenvalue weighted by molar-refractivity contribution is 0.0695. The summed E-state index contributed by atoms with van der Waals surface area (Å²) in [4.78, 5) is 16.7. The fraction of sp³-hybridized carbons (Fsp3) is 0.231. The minimum atomic E-state index is -0.878. The zero-order valence-corrected chi connectivity index (χ0v) is 9.91. The molecule has 1 aliphatic carbocycles. The van der Waals surface area contributed by atoms with Crippen molar-refractivity contribution in [1.82, 2.24) is 4.98 Å². The minimum absolute atomic E-state index is 0.348. The molecule has 86 valence electrons. The number of aromatic nitrogens is 1. The number of hydrogen-bond donors (Lipinski definition) is 1. The molecule has 3 rings (SSSR count). The summed E-state index contributed by atoms with van der Waals surface area (Å²) in [6, 6.07) is 7.45. The van der Waals surface area contributed by atoms with Crippen molar-refractivity contribution in [3.63, 3.8) is 0 Å². The maximum atomic E-state index is 11.1. The number of hydrogen-bond acceptors (Lipinski definition) is 3. The minimum Gasteiger partial charge on any atom is -0.478 e. The van der Waals surface area contributed by atoms with Gasteiger partial charge in [0.2, 0.25) is 0 Å². The quantitative estimate of drug-likeness (QED) is 0.901. The van der Waals surface area contributed by atoms with E-state index < -0.39 is 5.97 Å². The molecule has 1 saturated carbocycles. The fourth-order valence-corrected chi connectivity index (χ4v) is 2.58. The Bertz CT molecular complexity index is 559. The van der Waals surface area contributed by atoms with Gasteiger partial charge in [0.05, 0.1) is 21.8 Å². The molecule has 17 heavy (non-hydrogen) atoms. The molecule has 1 fully saturated rings. The first-order valence-electron chi connectivity index (χ1n) is 5.54. The Balaban J connectivity index is 2.09. The summed E-state index contributed by atoms with van der Waals surface area (Å²) in [5.74, 6) is -0.529. The summed E-state index contributed by atoms with van der Waals surface area (Å²) in [5, 5.41) is 11.1. The molecule has 2 aromatic rings. The van der Waals surface area contributed by atoms with Crippen LogP contribution >= 0.6 is 11.3 Å². The molecule has 2 aromatic heterocycles. The molecule has 0 radical (unpaired) electrons. The normalized spacial score (nSPS) is 14.8. The first-order valence-corrected chi connectivity index (χ1v) is 6.42. The molecule has 0 spiro atoms. The van der Waals surface area contributed by atoms with E-state index in [2.05, 4.69) is 4.98 Å². The molecule has 0 atom stereocenters. The molecule has 1 aliphatic rings. The number of aromatic carboxylic acids is 1. The maximum Gasteiger partial charge on any atom is 0.337 e. The van der Waals surface area contributed by atoms with E-state index in [1.165, 1.54) is 0 Å². The van der Waals surface area contributed by atoms with Gasteiger partial charge in [-0.3, -0.25) is 4.98 Å². The van der Waals surface area contributed by atoms with Crippen molar-refractivity contribution in [3.8, 4) is 10.6 Å². The van der Waals surface area contributed by atoms with Crippen molar-refractivity contribution < 1.29 is 9.90 Å². The van der Waals surface area contributed by atoms with Crippen LogP contribution < -0.4 is 0 Å². The predicted octanol–water partition coefficient (Wildman–Crippen LogP) is 3.39. The van der Waals surface area contributed by atoms with Crippen LogP contribution in [0.4, 0.5) is 0 Å². The van der Waals surface area contributed by atoms with Crippen LogP contribution in [-0.2, 0) is 0 Å². The molecule has 0 amide bonds. The lowest BCUT2D eigenvalue weighted by Crippen LogP contribution is -2.04. The van der Waals surface area contributed by atoms with Gasteiger partial charge in [0.15, 0.2) is 0 Å². The highest BCUT2D eigenvalue weighted by Gasteiger charge is 2.30. The van der Waals surface area contributed by atoms with Crippen LogP contribution in [0.2, 0.25) is 0 Å². The van der Waals surface area contributed by atoms with Gasteiger partial charge in [0, 0.05) is 5.92 Å².